The summed E-state index contributed by atoms with van der Waals surface area (Å²) < 4.78 is 5.62. The standard InChI is InChI=1S/C12H22N2O2/c1-4-11-10-7-13(9(2)3)5-6-14(10)12(15)8-16-11/h9-11H,4-8H2,1-3H3. The quantitative estimate of drug-likeness (QED) is 0.695. The third kappa shape index (κ3) is 2.09. The fourth-order valence-corrected chi connectivity index (χ4v) is 2.69. The molecule has 0 N–H and O–H groups in total. The molecule has 2 unspecified atom stereocenters. The Balaban J connectivity index is 2.08. The molecule has 4 nitrogen and oxygen atoms in total. The number of amides is 1. The van der Waals surface area contributed by atoms with Crippen molar-refractivity contribution in [1.29, 1.82) is 0 Å². The Morgan fingerprint density at radius 3 is 2.81 bits per heavy atom. The molecule has 0 spiro atoms. The largest absolute Gasteiger partial charge is 0.366 e. The van der Waals surface area contributed by atoms with Gasteiger partial charge in [0.25, 0.3) is 0 Å². The molecule has 2 aliphatic heterocycles. The lowest BCUT2D eigenvalue weighted by Crippen LogP contribution is -2.64. The smallest absolute Gasteiger partial charge is 0.249 e. The van der Waals surface area contributed by atoms with Crippen LogP contribution >= 0.6 is 0 Å². The number of carbonyl (C=O) groups is 1. The summed E-state index contributed by atoms with van der Waals surface area (Å²) in [6.07, 6.45) is 1.21. The van der Waals surface area contributed by atoms with Gasteiger partial charge in [-0.1, -0.05) is 6.92 Å². The third-order valence-electron chi connectivity index (χ3n) is 3.75. The fraction of sp³-hybridized carbons (Fsp3) is 0.917. The third-order valence-corrected chi connectivity index (χ3v) is 3.75. The fourth-order valence-electron chi connectivity index (χ4n) is 2.69. The highest BCUT2D eigenvalue weighted by molar-refractivity contribution is 5.78. The molecule has 0 bridgehead atoms. The van der Waals surface area contributed by atoms with Gasteiger partial charge in [0.2, 0.25) is 5.91 Å². The second-order valence-electron chi connectivity index (χ2n) is 5.00. The van der Waals surface area contributed by atoms with Crippen molar-refractivity contribution < 1.29 is 9.53 Å². The molecule has 2 rings (SSSR count). The molecule has 92 valence electrons. The van der Waals surface area contributed by atoms with E-state index < -0.39 is 0 Å². The molecular formula is C12H22N2O2. The summed E-state index contributed by atoms with van der Waals surface area (Å²) in [5.41, 5.74) is 0. The van der Waals surface area contributed by atoms with Gasteiger partial charge in [-0.2, -0.15) is 0 Å². The van der Waals surface area contributed by atoms with Gasteiger partial charge in [-0.15, -0.1) is 0 Å². The zero-order valence-corrected chi connectivity index (χ0v) is 10.5. The lowest BCUT2D eigenvalue weighted by molar-refractivity contribution is -0.164. The number of hydrogen-bond donors (Lipinski definition) is 0. The monoisotopic (exact) mass is 226 g/mol. The van der Waals surface area contributed by atoms with E-state index in [-0.39, 0.29) is 24.7 Å². The van der Waals surface area contributed by atoms with Crippen LogP contribution in [0.25, 0.3) is 0 Å². The Morgan fingerprint density at radius 2 is 2.19 bits per heavy atom. The van der Waals surface area contributed by atoms with Crippen molar-refractivity contribution in [3.8, 4) is 0 Å². The van der Waals surface area contributed by atoms with Crippen molar-refractivity contribution in [2.45, 2.75) is 45.4 Å². The molecule has 16 heavy (non-hydrogen) atoms. The predicted octanol–water partition coefficient (Wildman–Crippen LogP) is 0.716. The summed E-state index contributed by atoms with van der Waals surface area (Å²) in [4.78, 5) is 16.2. The van der Waals surface area contributed by atoms with Gasteiger partial charge < -0.3 is 9.64 Å². The Kier molecular flexibility index (Phi) is 3.50. The van der Waals surface area contributed by atoms with Crippen LogP contribution in [0.3, 0.4) is 0 Å². The summed E-state index contributed by atoms with van der Waals surface area (Å²) in [5, 5.41) is 0. The van der Waals surface area contributed by atoms with E-state index in [2.05, 4.69) is 25.7 Å². The Hall–Kier alpha value is -0.610. The van der Waals surface area contributed by atoms with Crippen LogP contribution in [0.1, 0.15) is 27.2 Å². The number of piperazine rings is 1. The number of nitrogens with zero attached hydrogens (tertiary/aromatic N) is 2. The van der Waals surface area contributed by atoms with E-state index in [0.29, 0.717) is 6.04 Å². The van der Waals surface area contributed by atoms with Crippen LogP contribution in [0.5, 0.6) is 0 Å². The topological polar surface area (TPSA) is 32.8 Å². The first-order chi connectivity index (χ1) is 7.63. The van der Waals surface area contributed by atoms with Crippen molar-refractivity contribution >= 4 is 5.91 Å². The number of carbonyl (C=O) groups excluding carboxylic acids is 1. The number of ether oxygens (including phenoxy) is 1. The zero-order chi connectivity index (χ0) is 11.7. The lowest BCUT2D eigenvalue weighted by atomic mass is 10.0. The van der Waals surface area contributed by atoms with Crippen LogP contribution < -0.4 is 0 Å². The normalized spacial score (nSPS) is 32.0. The van der Waals surface area contributed by atoms with E-state index in [1.165, 1.54) is 0 Å². The molecule has 2 atom stereocenters. The summed E-state index contributed by atoms with van der Waals surface area (Å²) in [5.74, 6) is 0.165. The molecule has 2 heterocycles. The van der Waals surface area contributed by atoms with Gasteiger partial charge >= 0.3 is 0 Å². The van der Waals surface area contributed by atoms with E-state index >= 15 is 0 Å². The molecule has 4 heteroatoms. The van der Waals surface area contributed by atoms with Crippen LogP contribution in [0, 0.1) is 0 Å². The van der Waals surface area contributed by atoms with Crippen LogP contribution in [0.15, 0.2) is 0 Å². The van der Waals surface area contributed by atoms with E-state index in [9.17, 15) is 4.79 Å². The number of fused-ring (bicyclic) bond motifs is 1. The highest BCUT2D eigenvalue weighted by Gasteiger charge is 2.39. The average molecular weight is 226 g/mol. The molecule has 2 fully saturated rings. The maximum Gasteiger partial charge on any atom is 0.249 e. The second kappa shape index (κ2) is 4.72. The average Bonchev–Trinajstić information content (AvgIpc) is 2.29. The van der Waals surface area contributed by atoms with Crippen LogP contribution in [-0.4, -0.2) is 60.1 Å². The molecule has 2 aliphatic rings. The van der Waals surface area contributed by atoms with Gasteiger partial charge in [0, 0.05) is 25.7 Å². The van der Waals surface area contributed by atoms with Gasteiger partial charge in [-0.25, -0.2) is 0 Å². The molecule has 2 saturated heterocycles. The van der Waals surface area contributed by atoms with Gasteiger partial charge in [0.1, 0.15) is 6.61 Å². The molecule has 0 aliphatic carbocycles. The van der Waals surface area contributed by atoms with Crippen molar-refractivity contribution in [2.24, 2.45) is 0 Å². The predicted molar refractivity (Wildman–Crippen MR) is 62.2 cm³/mol. The van der Waals surface area contributed by atoms with Crippen molar-refractivity contribution in [3.05, 3.63) is 0 Å². The van der Waals surface area contributed by atoms with E-state index in [4.69, 9.17) is 4.74 Å². The minimum Gasteiger partial charge on any atom is -0.366 e. The minimum atomic E-state index is 0.165. The molecule has 0 radical (unpaired) electrons. The van der Waals surface area contributed by atoms with Gasteiger partial charge in [0.05, 0.1) is 12.1 Å². The Morgan fingerprint density at radius 1 is 1.44 bits per heavy atom. The first kappa shape index (κ1) is 11.9. The zero-order valence-electron chi connectivity index (χ0n) is 10.5. The number of hydrogen-bond acceptors (Lipinski definition) is 3. The second-order valence-corrected chi connectivity index (χ2v) is 5.00. The van der Waals surface area contributed by atoms with E-state index in [0.717, 1.165) is 26.1 Å². The summed E-state index contributed by atoms with van der Waals surface area (Å²) in [6, 6.07) is 0.819. The summed E-state index contributed by atoms with van der Waals surface area (Å²) in [7, 11) is 0. The highest BCUT2D eigenvalue weighted by atomic mass is 16.5. The van der Waals surface area contributed by atoms with Crippen LogP contribution in [0.2, 0.25) is 0 Å². The molecular weight excluding hydrogens is 204 g/mol. The highest BCUT2D eigenvalue weighted by Crippen LogP contribution is 2.22. The Bertz CT molecular complexity index is 268. The SMILES string of the molecule is CCC1OCC(=O)N2CCN(C(C)C)CC12. The van der Waals surface area contributed by atoms with Gasteiger partial charge in [-0.3, -0.25) is 9.69 Å². The molecule has 0 aromatic rings. The molecule has 1 amide bonds. The first-order valence-corrected chi connectivity index (χ1v) is 6.28. The van der Waals surface area contributed by atoms with Crippen molar-refractivity contribution in [1.82, 2.24) is 9.80 Å². The first-order valence-electron chi connectivity index (χ1n) is 6.28. The van der Waals surface area contributed by atoms with Crippen LogP contribution in [-0.2, 0) is 9.53 Å². The van der Waals surface area contributed by atoms with Crippen molar-refractivity contribution in [2.75, 3.05) is 26.2 Å². The minimum absolute atomic E-state index is 0.165. The molecule has 0 aromatic heterocycles. The van der Waals surface area contributed by atoms with Crippen LogP contribution in [0.4, 0.5) is 0 Å². The summed E-state index contributed by atoms with van der Waals surface area (Å²) in [6.45, 7) is 9.65. The molecule has 0 aromatic carbocycles. The van der Waals surface area contributed by atoms with E-state index in [1.54, 1.807) is 0 Å². The van der Waals surface area contributed by atoms with E-state index in [1.807, 2.05) is 4.90 Å². The van der Waals surface area contributed by atoms with Crippen molar-refractivity contribution in [3.63, 3.8) is 0 Å². The summed E-state index contributed by atoms with van der Waals surface area (Å²) >= 11 is 0. The maximum atomic E-state index is 11.7. The number of morpholine rings is 1. The lowest BCUT2D eigenvalue weighted by Gasteiger charge is -2.48. The van der Waals surface area contributed by atoms with Gasteiger partial charge in [-0.05, 0) is 20.3 Å². The Labute approximate surface area is 97.5 Å². The van der Waals surface area contributed by atoms with Gasteiger partial charge in [0.15, 0.2) is 0 Å². The maximum absolute atomic E-state index is 11.7. The molecule has 0 saturated carbocycles. The number of rotatable bonds is 2.